The van der Waals surface area contributed by atoms with Crippen LogP contribution in [0.15, 0.2) is 25.7 Å². The normalized spacial score (nSPS) is 10.7. The lowest BCUT2D eigenvalue weighted by molar-refractivity contribution is 0.575. The predicted octanol–water partition coefficient (Wildman–Crippen LogP) is 4.22. The lowest BCUT2D eigenvalue weighted by atomic mass is 10.4. The first-order chi connectivity index (χ1) is 7.09. The van der Waals surface area contributed by atoms with E-state index in [-0.39, 0.29) is 0 Å². The summed E-state index contributed by atoms with van der Waals surface area (Å²) >= 11 is 12.6. The van der Waals surface area contributed by atoms with E-state index >= 15 is 0 Å². The van der Waals surface area contributed by atoms with Gasteiger partial charge in [-0.1, -0.05) is 11.6 Å². The first kappa shape index (κ1) is 11.1. The van der Waals surface area contributed by atoms with E-state index in [2.05, 4.69) is 41.8 Å². The maximum atomic E-state index is 5.93. The van der Waals surface area contributed by atoms with E-state index in [1.807, 2.05) is 6.92 Å². The third kappa shape index (κ3) is 2.09. The van der Waals surface area contributed by atoms with Crippen molar-refractivity contribution >= 4 is 43.5 Å². The Labute approximate surface area is 108 Å². The Balaban J connectivity index is 2.60. The largest absolute Gasteiger partial charge is 0.460 e. The summed E-state index contributed by atoms with van der Waals surface area (Å²) in [5.74, 6) is 1.05. The molecule has 0 aliphatic carbocycles. The molecule has 0 N–H and O–H groups in total. The van der Waals surface area contributed by atoms with Crippen LogP contribution in [0.4, 0.5) is 0 Å². The fourth-order valence-corrected chi connectivity index (χ4v) is 1.85. The van der Waals surface area contributed by atoms with Gasteiger partial charge in [-0.2, -0.15) is 0 Å². The number of hydrogen-bond acceptors (Lipinski definition) is 3. The van der Waals surface area contributed by atoms with E-state index < -0.39 is 0 Å². The Morgan fingerprint density at radius 1 is 1.33 bits per heavy atom. The van der Waals surface area contributed by atoms with Gasteiger partial charge in [-0.25, -0.2) is 9.97 Å². The SMILES string of the molecule is Cc1nc(-c2occc2Br)nc(Cl)c1Br. The van der Waals surface area contributed by atoms with Crippen molar-refractivity contribution in [3.05, 3.63) is 32.1 Å². The summed E-state index contributed by atoms with van der Waals surface area (Å²) < 4.78 is 6.76. The molecule has 0 aliphatic heterocycles. The number of rotatable bonds is 1. The Bertz CT molecular complexity index is 490. The van der Waals surface area contributed by atoms with Crippen LogP contribution in [0.5, 0.6) is 0 Å². The average Bonchev–Trinajstić information content (AvgIpc) is 2.60. The number of nitrogens with zero attached hydrogens (tertiary/aromatic N) is 2. The van der Waals surface area contributed by atoms with Gasteiger partial charge < -0.3 is 4.42 Å². The van der Waals surface area contributed by atoms with E-state index in [1.54, 1.807) is 12.3 Å². The van der Waals surface area contributed by atoms with Crippen molar-refractivity contribution in [3.8, 4) is 11.6 Å². The van der Waals surface area contributed by atoms with E-state index in [0.29, 0.717) is 21.2 Å². The van der Waals surface area contributed by atoms with E-state index in [1.165, 1.54) is 0 Å². The summed E-state index contributed by atoms with van der Waals surface area (Å²) in [5.41, 5.74) is 0.772. The number of hydrogen-bond donors (Lipinski definition) is 0. The van der Waals surface area contributed by atoms with E-state index in [9.17, 15) is 0 Å². The van der Waals surface area contributed by atoms with Crippen molar-refractivity contribution < 1.29 is 4.42 Å². The van der Waals surface area contributed by atoms with E-state index in [0.717, 1.165) is 10.2 Å². The summed E-state index contributed by atoms with van der Waals surface area (Å²) in [7, 11) is 0. The molecular weight excluding hydrogens is 347 g/mol. The van der Waals surface area contributed by atoms with Crippen molar-refractivity contribution in [1.29, 1.82) is 0 Å². The second-order valence-electron chi connectivity index (χ2n) is 2.84. The smallest absolute Gasteiger partial charge is 0.198 e. The quantitative estimate of drug-likeness (QED) is 0.721. The van der Waals surface area contributed by atoms with Gasteiger partial charge in [-0.15, -0.1) is 0 Å². The van der Waals surface area contributed by atoms with Crippen LogP contribution in [0.1, 0.15) is 5.69 Å². The van der Waals surface area contributed by atoms with Crippen molar-refractivity contribution in [2.45, 2.75) is 6.92 Å². The Kier molecular flexibility index (Phi) is 3.13. The van der Waals surface area contributed by atoms with Gasteiger partial charge in [0.05, 0.1) is 20.9 Å². The molecule has 0 aromatic carbocycles. The van der Waals surface area contributed by atoms with Crippen LogP contribution in [0, 0.1) is 6.92 Å². The molecule has 0 saturated heterocycles. The van der Waals surface area contributed by atoms with Gasteiger partial charge in [0, 0.05) is 0 Å². The lowest BCUT2D eigenvalue weighted by Gasteiger charge is -2.02. The minimum absolute atomic E-state index is 0.376. The topological polar surface area (TPSA) is 38.9 Å². The van der Waals surface area contributed by atoms with Crippen LogP contribution < -0.4 is 0 Å². The molecule has 0 bridgehead atoms. The third-order valence-corrected chi connectivity index (χ3v) is 3.87. The van der Waals surface area contributed by atoms with Gasteiger partial charge in [0.1, 0.15) is 5.15 Å². The van der Waals surface area contributed by atoms with Crippen LogP contribution in [-0.4, -0.2) is 9.97 Å². The highest BCUT2D eigenvalue weighted by Crippen LogP contribution is 2.30. The highest BCUT2D eigenvalue weighted by atomic mass is 79.9. The third-order valence-electron chi connectivity index (χ3n) is 1.80. The molecule has 0 atom stereocenters. The molecular formula is C9H5Br2ClN2O. The maximum Gasteiger partial charge on any atom is 0.198 e. The van der Waals surface area contributed by atoms with Gasteiger partial charge in [0.25, 0.3) is 0 Å². The maximum absolute atomic E-state index is 5.93. The highest BCUT2D eigenvalue weighted by Gasteiger charge is 2.13. The zero-order valence-corrected chi connectivity index (χ0v) is 11.5. The summed E-state index contributed by atoms with van der Waals surface area (Å²) in [4.78, 5) is 8.39. The summed E-state index contributed by atoms with van der Waals surface area (Å²) in [6, 6.07) is 1.78. The van der Waals surface area contributed by atoms with Crippen molar-refractivity contribution in [1.82, 2.24) is 9.97 Å². The minimum Gasteiger partial charge on any atom is -0.460 e. The molecule has 0 saturated carbocycles. The lowest BCUT2D eigenvalue weighted by Crippen LogP contribution is -1.93. The van der Waals surface area contributed by atoms with Crippen molar-refractivity contribution in [2.75, 3.05) is 0 Å². The first-order valence-corrected chi connectivity index (χ1v) is 5.99. The summed E-state index contributed by atoms with van der Waals surface area (Å²) in [5, 5.41) is 0.376. The summed E-state index contributed by atoms with van der Waals surface area (Å²) in [6.45, 7) is 1.85. The van der Waals surface area contributed by atoms with Gasteiger partial charge >= 0.3 is 0 Å². The van der Waals surface area contributed by atoms with Crippen LogP contribution in [0.3, 0.4) is 0 Å². The molecule has 0 radical (unpaired) electrons. The molecule has 0 spiro atoms. The number of halogens is 3. The molecule has 0 aliphatic rings. The second-order valence-corrected chi connectivity index (χ2v) is 4.84. The molecule has 6 heteroatoms. The zero-order valence-electron chi connectivity index (χ0n) is 7.59. The summed E-state index contributed by atoms with van der Waals surface area (Å²) in [6.07, 6.45) is 1.56. The van der Waals surface area contributed by atoms with Gasteiger partial charge in [0.2, 0.25) is 0 Å². The Hall–Kier alpha value is -0.390. The molecule has 0 amide bonds. The monoisotopic (exact) mass is 350 g/mol. The van der Waals surface area contributed by atoms with Crippen LogP contribution in [-0.2, 0) is 0 Å². The Morgan fingerprint density at radius 3 is 2.60 bits per heavy atom. The Morgan fingerprint density at radius 2 is 2.07 bits per heavy atom. The van der Waals surface area contributed by atoms with Gasteiger partial charge in [-0.05, 0) is 44.8 Å². The fourth-order valence-electron chi connectivity index (χ4n) is 1.08. The molecule has 15 heavy (non-hydrogen) atoms. The minimum atomic E-state index is 0.376. The van der Waals surface area contributed by atoms with Crippen molar-refractivity contribution in [2.24, 2.45) is 0 Å². The molecule has 2 aromatic rings. The highest BCUT2D eigenvalue weighted by molar-refractivity contribution is 9.11. The fraction of sp³-hybridized carbons (Fsp3) is 0.111. The zero-order chi connectivity index (χ0) is 11.0. The van der Waals surface area contributed by atoms with Crippen LogP contribution >= 0.6 is 43.5 Å². The van der Waals surface area contributed by atoms with Crippen molar-refractivity contribution in [3.63, 3.8) is 0 Å². The van der Waals surface area contributed by atoms with Crippen LogP contribution in [0.2, 0.25) is 5.15 Å². The molecule has 0 fully saturated rings. The molecule has 2 rings (SSSR count). The second kappa shape index (κ2) is 4.23. The number of aryl methyl sites for hydroxylation is 1. The van der Waals surface area contributed by atoms with Crippen LogP contribution in [0.25, 0.3) is 11.6 Å². The molecule has 3 nitrogen and oxygen atoms in total. The van der Waals surface area contributed by atoms with Gasteiger partial charge in [-0.3, -0.25) is 0 Å². The molecule has 2 heterocycles. The number of aromatic nitrogens is 2. The molecule has 0 unspecified atom stereocenters. The molecule has 78 valence electrons. The molecule has 2 aromatic heterocycles. The number of furan rings is 1. The average molecular weight is 352 g/mol. The van der Waals surface area contributed by atoms with E-state index in [4.69, 9.17) is 16.0 Å². The standard InChI is InChI=1S/C9H5Br2ClN2O/c1-4-6(11)8(12)14-9(13-4)7-5(10)2-3-15-7/h2-3H,1H3. The predicted molar refractivity (Wildman–Crippen MR) is 64.9 cm³/mol. The first-order valence-electron chi connectivity index (χ1n) is 4.02. The van der Waals surface area contributed by atoms with Gasteiger partial charge in [0.15, 0.2) is 11.6 Å².